The molecule has 0 heterocycles. The Hall–Kier alpha value is -0.760. The fraction of sp³-hybridized carbons (Fsp3) is 0.667. The highest BCUT2D eigenvalue weighted by atomic mass is 33.1. The van der Waals surface area contributed by atoms with Crippen LogP contribution in [0.4, 0.5) is 9.59 Å². The van der Waals surface area contributed by atoms with Crippen molar-refractivity contribution in [2.24, 2.45) is 11.5 Å². The number of rotatable bonds is 7. The Morgan fingerprint density at radius 3 is 2.43 bits per heavy atom. The lowest BCUT2D eigenvalue weighted by Gasteiger charge is -2.00. The highest BCUT2D eigenvalue weighted by Crippen LogP contribution is 2.23. The number of hydrogen-bond acceptors (Lipinski definition) is 6. The van der Waals surface area contributed by atoms with Gasteiger partial charge in [0.15, 0.2) is 0 Å². The molecule has 2 amide bonds. The van der Waals surface area contributed by atoms with Gasteiger partial charge in [0.25, 0.3) is 0 Å². The van der Waals surface area contributed by atoms with Gasteiger partial charge < -0.3 is 20.4 Å². The molecule has 0 aliphatic rings. The van der Waals surface area contributed by atoms with Crippen molar-refractivity contribution in [2.45, 2.75) is 12.8 Å². The number of nitrogens with two attached hydrogens (primary N) is 2. The quantitative estimate of drug-likeness (QED) is 0.394. The SMILES string of the molecule is NC(=O)OCCCCSSOC(N)=O. The van der Waals surface area contributed by atoms with E-state index in [1.54, 1.807) is 0 Å². The summed E-state index contributed by atoms with van der Waals surface area (Å²) in [6.07, 6.45) is 0.00352. The molecular formula is C6H12N2O4S2. The first-order valence-electron chi connectivity index (χ1n) is 3.80. The van der Waals surface area contributed by atoms with Gasteiger partial charge in [0.1, 0.15) is 11.1 Å². The van der Waals surface area contributed by atoms with Gasteiger partial charge in [0.05, 0.1) is 6.61 Å². The van der Waals surface area contributed by atoms with Crippen LogP contribution in [-0.2, 0) is 8.92 Å². The maximum absolute atomic E-state index is 10.1. The smallest absolute Gasteiger partial charge is 0.417 e. The molecule has 82 valence electrons. The van der Waals surface area contributed by atoms with Crippen molar-refractivity contribution in [3.8, 4) is 0 Å². The van der Waals surface area contributed by atoms with Gasteiger partial charge in [-0.2, -0.15) is 0 Å². The van der Waals surface area contributed by atoms with Crippen molar-refractivity contribution >= 4 is 34.1 Å². The fourth-order valence-corrected chi connectivity index (χ4v) is 1.94. The summed E-state index contributed by atoms with van der Waals surface area (Å²) in [4.78, 5) is 20.2. The molecule has 0 rings (SSSR count). The Morgan fingerprint density at radius 2 is 1.86 bits per heavy atom. The van der Waals surface area contributed by atoms with Crippen LogP contribution in [0.5, 0.6) is 0 Å². The van der Waals surface area contributed by atoms with E-state index in [0.29, 0.717) is 6.61 Å². The molecule has 4 N–H and O–H groups in total. The van der Waals surface area contributed by atoms with E-state index in [4.69, 9.17) is 11.5 Å². The molecule has 0 aromatic heterocycles. The van der Waals surface area contributed by atoms with Crippen molar-refractivity contribution in [3.05, 3.63) is 0 Å². The molecule has 0 saturated carbocycles. The highest BCUT2D eigenvalue weighted by Gasteiger charge is 1.97. The van der Waals surface area contributed by atoms with Gasteiger partial charge in [-0.25, -0.2) is 9.59 Å². The maximum Gasteiger partial charge on any atom is 0.417 e. The lowest BCUT2D eigenvalue weighted by atomic mass is 10.4. The van der Waals surface area contributed by atoms with Crippen LogP contribution in [-0.4, -0.2) is 24.5 Å². The Balaban J connectivity index is 2.99. The summed E-state index contributed by atoms with van der Waals surface area (Å²) in [5, 5.41) is 0. The standard InChI is InChI=1S/C6H12N2O4S2/c7-5(9)11-3-1-2-4-13-14-12-6(8)10/h1-4H2,(H2,7,9)(H2,8,10). The molecular weight excluding hydrogens is 228 g/mol. The van der Waals surface area contributed by atoms with Crippen LogP contribution < -0.4 is 11.5 Å². The normalized spacial score (nSPS) is 9.43. The average Bonchev–Trinajstić information content (AvgIpc) is 2.08. The molecule has 8 heteroatoms. The first kappa shape index (κ1) is 13.2. The number of unbranched alkanes of at least 4 members (excludes halogenated alkanes) is 1. The van der Waals surface area contributed by atoms with E-state index in [1.807, 2.05) is 0 Å². The van der Waals surface area contributed by atoms with Crippen LogP contribution in [0.1, 0.15) is 12.8 Å². The minimum Gasteiger partial charge on any atom is -0.450 e. The number of carbonyl (C=O) groups excluding carboxylic acids is 2. The molecule has 0 unspecified atom stereocenters. The number of carbonyl (C=O) groups is 2. The van der Waals surface area contributed by atoms with Crippen LogP contribution in [0.15, 0.2) is 0 Å². The van der Waals surface area contributed by atoms with Gasteiger partial charge in [-0.15, -0.1) is 0 Å². The zero-order valence-electron chi connectivity index (χ0n) is 7.43. The highest BCUT2D eigenvalue weighted by molar-refractivity contribution is 8.75. The number of ether oxygens (including phenoxy) is 1. The molecule has 0 bridgehead atoms. The van der Waals surface area contributed by atoms with E-state index in [0.717, 1.165) is 29.7 Å². The van der Waals surface area contributed by atoms with Gasteiger partial charge >= 0.3 is 12.2 Å². The Bertz CT molecular complexity index is 171. The summed E-state index contributed by atoms with van der Waals surface area (Å²) < 4.78 is 8.90. The van der Waals surface area contributed by atoms with Gasteiger partial charge in [0, 0.05) is 5.75 Å². The summed E-state index contributed by atoms with van der Waals surface area (Å²) in [6, 6.07) is 0. The topological polar surface area (TPSA) is 105 Å². The molecule has 0 spiro atoms. The fourth-order valence-electron chi connectivity index (χ4n) is 0.527. The van der Waals surface area contributed by atoms with E-state index >= 15 is 0 Å². The maximum atomic E-state index is 10.1. The molecule has 14 heavy (non-hydrogen) atoms. The Labute approximate surface area is 89.6 Å². The second kappa shape index (κ2) is 8.82. The summed E-state index contributed by atoms with van der Waals surface area (Å²) in [5.74, 6) is 0.778. The molecule has 0 aliphatic carbocycles. The third-order valence-corrected chi connectivity index (χ3v) is 2.81. The van der Waals surface area contributed by atoms with E-state index in [9.17, 15) is 9.59 Å². The van der Waals surface area contributed by atoms with Gasteiger partial charge in [0.2, 0.25) is 0 Å². The first-order valence-corrected chi connectivity index (χ1v) is 6.05. The van der Waals surface area contributed by atoms with Gasteiger partial charge in [-0.05, 0) is 12.8 Å². The third-order valence-electron chi connectivity index (χ3n) is 1.03. The van der Waals surface area contributed by atoms with Crippen molar-refractivity contribution in [3.63, 3.8) is 0 Å². The predicted molar refractivity (Wildman–Crippen MR) is 55.5 cm³/mol. The lowest BCUT2D eigenvalue weighted by molar-refractivity contribution is 0.155. The summed E-state index contributed by atoms with van der Waals surface area (Å²) in [7, 11) is 1.36. The molecule has 6 nitrogen and oxygen atoms in total. The predicted octanol–water partition coefficient (Wildman–Crippen LogP) is 1.25. The van der Waals surface area contributed by atoms with E-state index < -0.39 is 12.2 Å². The zero-order chi connectivity index (χ0) is 10.8. The average molecular weight is 240 g/mol. The monoisotopic (exact) mass is 240 g/mol. The summed E-state index contributed by atoms with van der Waals surface area (Å²) in [6.45, 7) is 0.317. The van der Waals surface area contributed by atoms with E-state index in [2.05, 4.69) is 8.92 Å². The Kier molecular flexibility index (Phi) is 8.34. The molecule has 0 aliphatic heterocycles. The molecule has 0 aromatic rings. The van der Waals surface area contributed by atoms with Crippen molar-refractivity contribution in [2.75, 3.05) is 12.4 Å². The van der Waals surface area contributed by atoms with Crippen LogP contribution in [0, 0.1) is 0 Å². The van der Waals surface area contributed by atoms with Crippen molar-refractivity contribution in [1.29, 1.82) is 0 Å². The largest absolute Gasteiger partial charge is 0.450 e. The number of primary amides is 2. The van der Waals surface area contributed by atoms with Gasteiger partial charge in [-0.1, -0.05) is 10.8 Å². The lowest BCUT2D eigenvalue weighted by Crippen LogP contribution is -2.13. The number of hydrogen-bond donors (Lipinski definition) is 2. The molecule has 0 saturated heterocycles. The van der Waals surface area contributed by atoms with Crippen LogP contribution in [0.3, 0.4) is 0 Å². The minimum absolute atomic E-state index is 0.317. The van der Waals surface area contributed by atoms with Crippen molar-refractivity contribution < 1.29 is 18.5 Å². The van der Waals surface area contributed by atoms with Crippen molar-refractivity contribution in [1.82, 2.24) is 0 Å². The van der Waals surface area contributed by atoms with Gasteiger partial charge in [-0.3, -0.25) is 0 Å². The van der Waals surface area contributed by atoms with Crippen LogP contribution in [0.25, 0.3) is 0 Å². The molecule has 0 radical (unpaired) electrons. The second-order valence-corrected chi connectivity index (χ2v) is 4.23. The summed E-state index contributed by atoms with van der Waals surface area (Å²) in [5.41, 5.74) is 9.47. The van der Waals surface area contributed by atoms with E-state index in [1.165, 1.54) is 10.8 Å². The third kappa shape index (κ3) is 11.2. The van der Waals surface area contributed by atoms with E-state index in [-0.39, 0.29) is 0 Å². The number of amides is 2. The molecule has 0 atom stereocenters. The Morgan fingerprint density at radius 1 is 1.14 bits per heavy atom. The molecule has 0 fully saturated rings. The van der Waals surface area contributed by atoms with Crippen LogP contribution in [0.2, 0.25) is 0 Å². The zero-order valence-corrected chi connectivity index (χ0v) is 9.07. The summed E-state index contributed by atoms with van der Waals surface area (Å²) >= 11 is 0.935. The molecule has 0 aromatic carbocycles. The second-order valence-electron chi connectivity index (χ2n) is 2.17. The van der Waals surface area contributed by atoms with Crippen LogP contribution >= 0.6 is 21.9 Å². The minimum atomic E-state index is -0.806. The first-order chi connectivity index (χ1) is 6.63.